The second-order valence-corrected chi connectivity index (χ2v) is 6.12. The van der Waals surface area contributed by atoms with Crippen molar-refractivity contribution >= 4 is 39.1 Å². The molecule has 0 saturated carbocycles. The third kappa shape index (κ3) is 4.18. The predicted molar refractivity (Wildman–Crippen MR) is 96.0 cm³/mol. The van der Waals surface area contributed by atoms with Crippen molar-refractivity contribution in [1.82, 2.24) is 0 Å². The van der Waals surface area contributed by atoms with Crippen LogP contribution in [0.3, 0.4) is 0 Å². The minimum Gasteiger partial charge on any atom is -0.493 e. The van der Waals surface area contributed by atoms with Crippen LogP contribution in [0.1, 0.15) is 22.8 Å². The molecule has 0 aromatic heterocycles. The average Bonchev–Trinajstić information content (AvgIpc) is 2.51. The molecule has 23 heavy (non-hydrogen) atoms. The molecule has 0 unspecified atom stereocenters. The maximum absolute atomic E-state index is 12.5. The number of carbonyl (C=O) groups is 1. The van der Waals surface area contributed by atoms with Gasteiger partial charge in [0.15, 0.2) is 11.5 Å². The molecular formula is C17H17BrClNO3. The molecule has 0 aliphatic carbocycles. The lowest BCUT2D eigenvalue weighted by Gasteiger charge is -2.14. The van der Waals surface area contributed by atoms with Crippen molar-refractivity contribution in [3.8, 4) is 11.5 Å². The molecule has 4 nitrogen and oxygen atoms in total. The van der Waals surface area contributed by atoms with E-state index in [4.69, 9.17) is 21.1 Å². The number of anilines is 1. The number of aryl methyl sites for hydroxylation is 1. The number of hydrogen-bond donors (Lipinski definition) is 1. The van der Waals surface area contributed by atoms with Gasteiger partial charge in [0.05, 0.1) is 28.9 Å². The predicted octanol–water partition coefficient (Wildman–Crippen LogP) is 5.07. The largest absolute Gasteiger partial charge is 0.493 e. The van der Waals surface area contributed by atoms with Crippen molar-refractivity contribution in [2.75, 3.05) is 19.0 Å². The summed E-state index contributed by atoms with van der Waals surface area (Å²) < 4.78 is 11.5. The second kappa shape index (κ2) is 7.70. The number of methoxy groups -OCH3 is 1. The second-order valence-electron chi connectivity index (χ2n) is 4.86. The molecule has 0 fully saturated rings. The summed E-state index contributed by atoms with van der Waals surface area (Å²) in [7, 11) is 1.53. The van der Waals surface area contributed by atoms with E-state index in [9.17, 15) is 4.79 Å². The van der Waals surface area contributed by atoms with Gasteiger partial charge in [0.2, 0.25) is 0 Å². The molecule has 1 N–H and O–H groups in total. The molecule has 0 spiro atoms. The van der Waals surface area contributed by atoms with Crippen LogP contribution in [-0.2, 0) is 0 Å². The van der Waals surface area contributed by atoms with E-state index >= 15 is 0 Å². The number of nitrogens with one attached hydrogen (secondary N) is 1. The lowest BCUT2D eigenvalue weighted by Crippen LogP contribution is -2.13. The molecule has 0 heterocycles. The van der Waals surface area contributed by atoms with E-state index in [-0.39, 0.29) is 5.91 Å². The fourth-order valence-corrected chi connectivity index (χ4v) is 2.89. The normalized spacial score (nSPS) is 10.3. The number of benzene rings is 2. The van der Waals surface area contributed by atoms with Gasteiger partial charge >= 0.3 is 0 Å². The molecule has 2 rings (SSSR count). The minimum absolute atomic E-state index is 0.280. The zero-order chi connectivity index (χ0) is 17.0. The molecular weight excluding hydrogens is 382 g/mol. The summed E-state index contributed by atoms with van der Waals surface area (Å²) in [6, 6.07) is 8.77. The van der Waals surface area contributed by atoms with Crippen LogP contribution in [0, 0.1) is 6.92 Å². The highest BCUT2D eigenvalue weighted by molar-refractivity contribution is 9.10. The highest BCUT2D eigenvalue weighted by Crippen LogP contribution is 2.37. The third-order valence-electron chi connectivity index (χ3n) is 3.15. The molecule has 0 aliphatic heterocycles. The van der Waals surface area contributed by atoms with Crippen molar-refractivity contribution in [2.24, 2.45) is 0 Å². The quantitative estimate of drug-likeness (QED) is 0.765. The Hall–Kier alpha value is -1.72. The number of ether oxygens (including phenoxy) is 2. The van der Waals surface area contributed by atoms with Crippen LogP contribution in [0.4, 0.5) is 5.69 Å². The summed E-state index contributed by atoms with van der Waals surface area (Å²) in [5.74, 6) is 0.777. The van der Waals surface area contributed by atoms with Crippen LogP contribution in [0.5, 0.6) is 11.5 Å². The van der Waals surface area contributed by atoms with Gasteiger partial charge in [-0.1, -0.05) is 17.7 Å². The van der Waals surface area contributed by atoms with Crippen LogP contribution in [0.25, 0.3) is 0 Å². The molecule has 0 bridgehead atoms. The van der Waals surface area contributed by atoms with Gasteiger partial charge in [0.1, 0.15) is 0 Å². The van der Waals surface area contributed by atoms with E-state index in [0.29, 0.717) is 38.9 Å². The van der Waals surface area contributed by atoms with Crippen LogP contribution >= 0.6 is 27.5 Å². The standard InChI is InChI=1S/C17H17BrClNO3/c1-4-23-16-12(18)8-11(9-15(16)22-3)17(21)20-14-6-5-10(2)7-13(14)19/h5-9H,4H2,1-3H3,(H,20,21). The Morgan fingerprint density at radius 3 is 2.65 bits per heavy atom. The van der Waals surface area contributed by atoms with E-state index in [1.54, 1.807) is 24.3 Å². The first-order chi connectivity index (χ1) is 11.0. The third-order valence-corrected chi connectivity index (χ3v) is 4.05. The summed E-state index contributed by atoms with van der Waals surface area (Å²) in [4.78, 5) is 12.5. The smallest absolute Gasteiger partial charge is 0.255 e. The monoisotopic (exact) mass is 397 g/mol. The van der Waals surface area contributed by atoms with Crippen molar-refractivity contribution in [1.29, 1.82) is 0 Å². The minimum atomic E-state index is -0.280. The van der Waals surface area contributed by atoms with E-state index in [1.165, 1.54) is 7.11 Å². The highest BCUT2D eigenvalue weighted by atomic mass is 79.9. The van der Waals surface area contributed by atoms with Crippen LogP contribution in [0.2, 0.25) is 5.02 Å². The van der Waals surface area contributed by atoms with Crippen molar-refractivity contribution in [2.45, 2.75) is 13.8 Å². The van der Waals surface area contributed by atoms with Crippen molar-refractivity contribution < 1.29 is 14.3 Å². The highest BCUT2D eigenvalue weighted by Gasteiger charge is 2.16. The average molecular weight is 399 g/mol. The van der Waals surface area contributed by atoms with Crippen LogP contribution in [0.15, 0.2) is 34.8 Å². The molecule has 0 saturated heterocycles. The number of rotatable bonds is 5. The molecule has 122 valence electrons. The Kier molecular flexibility index (Phi) is 5.91. The van der Waals surface area contributed by atoms with Gasteiger partial charge in [-0.05, 0) is 59.6 Å². The number of hydrogen-bond acceptors (Lipinski definition) is 3. The molecule has 1 amide bonds. The van der Waals surface area contributed by atoms with Crippen molar-refractivity contribution in [3.63, 3.8) is 0 Å². The molecule has 0 radical (unpaired) electrons. The summed E-state index contributed by atoms with van der Waals surface area (Å²) in [5, 5.41) is 3.29. The van der Waals surface area contributed by atoms with Gasteiger partial charge in [-0.3, -0.25) is 4.79 Å². The van der Waals surface area contributed by atoms with E-state index in [2.05, 4.69) is 21.2 Å². The molecule has 0 aliphatic rings. The molecule has 0 atom stereocenters. The Balaban J connectivity index is 2.30. The van der Waals surface area contributed by atoms with Gasteiger partial charge in [-0.25, -0.2) is 0 Å². The first kappa shape index (κ1) is 17.6. The summed E-state index contributed by atoms with van der Waals surface area (Å²) in [5.41, 5.74) is 2.03. The Morgan fingerprint density at radius 1 is 1.30 bits per heavy atom. The van der Waals surface area contributed by atoms with Gasteiger partial charge in [-0.2, -0.15) is 0 Å². The zero-order valence-electron chi connectivity index (χ0n) is 13.1. The fraction of sp³-hybridized carbons (Fsp3) is 0.235. The molecule has 6 heteroatoms. The molecule has 2 aromatic rings. The van der Waals surface area contributed by atoms with E-state index in [1.807, 2.05) is 19.9 Å². The van der Waals surface area contributed by atoms with Crippen LogP contribution in [-0.4, -0.2) is 19.6 Å². The summed E-state index contributed by atoms with van der Waals surface area (Å²) in [6.45, 7) is 4.32. The summed E-state index contributed by atoms with van der Waals surface area (Å²) in [6.07, 6.45) is 0. The zero-order valence-corrected chi connectivity index (χ0v) is 15.4. The Morgan fingerprint density at radius 2 is 2.04 bits per heavy atom. The van der Waals surface area contributed by atoms with E-state index < -0.39 is 0 Å². The molecule has 2 aromatic carbocycles. The Bertz CT molecular complexity index is 734. The maximum Gasteiger partial charge on any atom is 0.255 e. The van der Waals surface area contributed by atoms with Gasteiger partial charge in [0, 0.05) is 5.56 Å². The Labute approximate surface area is 148 Å². The van der Waals surface area contributed by atoms with Gasteiger partial charge < -0.3 is 14.8 Å². The number of carbonyl (C=O) groups excluding carboxylic acids is 1. The lowest BCUT2D eigenvalue weighted by molar-refractivity contribution is 0.102. The first-order valence-corrected chi connectivity index (χ1v) is 8.21. The van der Waals surface area contributed by atoms with Gasteiger partial charge in [-0.15, -0.1) is 0 Å². The SMILES string of the molecule is CCOc1c(Br)cc(C(=O)Nc2ccc(C)cc2Cl)cc1OC. The number of amides is 1. The fourth-order valence-electron chi connectivity index (χ4n) is 2.05. The lowest BCUT2D eigenvalue weighted by atomic mass is 10.1. The topological polar surface area (TPSA) is 47.6 Å². The maximum atomic E-state index is 12.5. The van der Waals surface area contributed by atoms with Crippen molar-refractivity contribution in [3.05, 3.63) is 51.0 Å². The summed E-state index contributed by atoms with van der Waals surface area (Å²) >= 11 is 9.56. The van der Waals surface area contributed by atoms with E-state index in [0.717, 1.165) is 5.56 Å². The first-order valence-electron chi connectivity index (χ1n) is 7.04. The van der Waals surface area contributed by atoms with Crippen LogP contribution < -0.4 is 14.8 Å². The van der Waals surface area contributed by atoms with Gasteiger partial charge in [0.25, 0.3) is 5.91 Å². The number of halogens is 2.